The predicted octanol–water partition coefficient (Wildman–Crippen LogP) is 0.462. The molecule has 2 rings (SSSR count). The fourth-order valence-corrected chi connectivity index (χ4v) is 4.06. The highest BCUT2D eigenvalue weighted by Gasteiger charge is 2.42. The fourth-order valence-electron chi connectivity index (χ4n) is 2.51. The molecule has 2 saturated heterocycles. The van der Waals surface area contributed by atoms with Crippen molar-refractivity contribution in [3.05, 3.63) is 0 Å². The fraction of sp³-hybridized carbons (Fsp3) is 0.692. The second-order valence-corrected chi connectivity index (χ2v) is 6.12. The van der Waals surface area contributed by atoms with Crippen molar-refractivity contribution in [1.82, 2.24) is 16.0 Å². The van der Waals surface area contributed by atoms with Gasteiger partial charge in [0.25, 0.3) is 0 Å². The maximum atomic E-state index is 11.3. The van der Waals surface area contributed by atoms with Gasteiger partial charge >= 0.3 is 6.03 Å². The summed E-state index contributed by atoms with van der Waals surface area (Å²) in [4.78, 5) is 22.6. The van der Waals surface area contributed by atoms with Crippen LogP contribution in [-0.4, -0.2) is 41.6 Å². The maximum Gasteiger partial charge on any atom is 0.315 e. The molecule has 3 N–H and O–H groups in total. The van der Waals surface area contributed by atoms with Crippen molar-refractivity contribution in [3.63, 3.8) is 0 Å². The maximum absolute atomic E-state index is 11.3. The largest absolute Gasteiger partial charge is 0.345 e. The lowest BCUT2D eigenvalue weighted by Crippen LogP contribution is -2.36. The molecule has 3 atom stereocenters. The molecule has 0 aliphatic carbocycles. The monoisotopic (exact) mass is 281 g/mol. The van der Waals surface area contributed by atoms with E-state index in [-0.39, 0.29) is 24.0 Å². The van der Waals surface area contributed by atoms with Gasteiger partial charge in [-0.3, -0.25) is 4.79 Å². The Hall–Kier alpha value is -1.35. The number of thioether (sulfide) groups is 1. The molecule has 3 amide bonds. The second kappa shape index (κ2) is 6.71. The summed E-state index contributed by atoms with van der Waals surface area (Å²) in [6, 6.07) is 0.489. The zero-order valence-electron chi connectivity index (χ0n) is 10.8. The first-order chi connectivity index (χ1) is 9.20. The number of fused-ring (bicyclic) bond motifs is 1. The van der Waals surface area contributed by atoms with Crippen LogP contribution in [0, 0.1) is 12.3 Å². The zero-order valence-corrected chi connectivity index (χ0v) is 11.6. The van der Waals surface area contributed by atoms with E-state index in [1.807, 2.05) is 11.8 Å². The van der Waals surface area contributed by atoms with E-state index < -0.39 is 0 Å². The van der Waals surface area contributed by atoms with E-state index in [1.54, 1.807) is 0 Å². The van der Waals surface area contributed by atoms with Gasteiger partial charge in [0.05, 0.1) is 18.6 Å². The van der Waals surface area contributed by atoms with Gasteiger partial charge in [0.15, 0.2) is 0 Å². The zero-order chi connectivity index (χ0) is 13.7. The molecule has 0 bridgehead atoms. The van der Waals surface area contributed by atoms with Crippen LogP contribution in [0.3, 0.4) is 0 Å². The van der Waals surface area contributed by atoms with Gasteiger partial charge in [-0.05, 0) is 12.8 Å². The Morgan fingerprint density at radius 3 is 3.11 bits per heavy atom. The number of terminal acetylenes is 1. The van der Waals surface area contributed by atoms with Gasteiger partial charge in [-0.15, -0.1) is 6.42 Å². The van der Waals surface area contributed by atoms with E-state index in [9.17, 15) is 9.59 Å². The summed E-state index contributed by atoms with van der Waals surface area (Å²) >= 11 is 1.90. The number of carbonyl (C=O) groups excluding carboxylic acids is 2. The number of amides is 3. The molecule has 0 radical (unpaired) electrons. The molecule has 2 aliphatic rings. The third-order valence-electron chi connectivity index (χ3n) is 3.47. The molecule has 0 aromatic heterocycles. The van der Waals surface area contributed by atoms with Gasteiger partial charge in [-0.2, -0.15) is 11.8 Å². The van der Waals surface area contributed by atoms with Crippen molar-refractivity contribution in [2.45, 2.75) is 43.0 Å². The van der Waals surface area contributed by atoms with Crippen LogP contribution < -0.4 is 16.0 Å². The van der Waals surface area contributed by atoms with Crippen LogP contribution in [0.15, 0.2) is 0 Å². The average molecular weight is 281 g/mol. The highest BCUT2D eigenvalue weighted by atomic mass is 32.2. The standard InChI is InChI=1S/C13H19N3O2S/c1-2-7-14-11(17)6-4-3-5-10-12-9(8-19-10)15-13(18)16-12/h1,9-10,12H,3-8H2,(H,14,17)(H2,15,16,18). The first kappa shape index (κ1) is 14.1. The smallest absolute Gasteiger partial charge is 0.315 e. The number of rotatable bonds is 6. The minimum absolute atomic E-state index is 0.0192. The van der Waals surface area contributed by atoms with Crippen molar-refractivity contribution in [3.8, 4) is 12.3 Å². The third kappa shape index (κ3) is 3.80. The van der Waals surface area contributed by atoms with Gasteiger partial charge in [-0.25, -0.2) is 4.79 Å². The summed E-state index contributed by atoms with van der Waals surface area (Å²) in [6.07, 6.45) is 8.50. The van der Waals surface area contributed by atoms with Gasteiger partial charge in [0.2, 0.25) is 5.91 Å². The van der Waals surface area contributed by atoms with Crippen LogP contribution in [0.4, 0.5) is 4.79 Å². The normalized spacial score (nSPS) is 28.2. The Morgan fingerprint density at radius 2 is 2.32 bits per heavy atom. The summed E-state index contributed by atoms with van der Waals surface area (Å²) < 4.78 is 0. The molecule has 2 fully saturated rings. The number of urea groups is 1. The number of hydrogen-bond donors (Lipinski definition) is 3. The minimum Gasteiger partial charge on any atom is -0.345 e. The van der Waals surface area contributed by atoms with Crippen LogP contribution in [-0.2, 0) is 4.79 Å². The van der Waals surface area contributed by atoms with Gasteiger partial charge in [-0.1, -0.05) is 12.3 Å². The Kier molecular flexibility index (Phi) is 4.97. The SMILES string of the molecule is C#CCNC(=O)CCCCC1SCC2NC(=O)NC21. The molecule has 0 saturated carbocycles. The Balaban J connectivity index is 1.60. The van der Waals surface area contributed by atoms with Crippen LogP contribution in [0.25, 0.3) is 0 Å². The molecular formula is C13H19N3O2S. The van der Waals surface area contributed by atoms with Gasteiger partial charge in [0.1, 0.15) is 0 Å². The molecule has 0 spiro atoms. The predicted molar refractivity (Wildman–Crippen MR) is 75.8 cm³/mol. The number of nitrogens with one attached hydrogen (secondary N) is 3. The summed E-state index contributed by atoms with van der Waals surface area (Å²) in [5.74, 6) is 3.38. The van der Waals surface area contributed by atoms with E-state index >= 15 is 0 Å². The van der Waals surface area contributed by atoms with E-state index in [1.165, 1.54) is 0 Å². The Morgan fingerprint density at radius 1 is 1.47 bits per heavy atom. The topological polar surface area (TPSA) is 70.2 Å². The number of carbonyl (C=O) groups is 2. The molecular weight excluding hydrogens is 262 g/mol. The summed E-state index contributed by atoms with van der Waals surface area (Å²) in [6.45, 7) is 0.304. The Bertz CT molecular complexity index is 394. The summed E-state index contributed by atoms with van der Waals surface area (Å²) in [5.41, 5.74) is 0. The molecule has 3 unspecified atom stereocenters. The van der Waals surface area contributed by atoms with E-state index in [2.05, 4.69) is 21.9 Å². The van der Waals surface area contributed by atoms with Crippen molar-refractivity contribution < 1.29 is 9.59 Å². The van der Waals surface area contributed by atoms with Crippen molar-refractivity contribution in [1.29, 1.82) is 0 Å². The van der Waals surface area contributed by atoms with Crippen LogP contribution in [0.1, 0.15) is 25.7 Å². The van der Waals surface area contributed by atoms with Crippen molar-refractivity contribution >= 4 is 23.7 Å². The van der Waals surface area contributed by atoms with Crippen LogP contribution in [0.5, 0.6) is 0 Å². The summed E-state index contributed by atoms with van der Waals surface area (Å²) in [7, 11) is 0. The molecule has 6 heteroatoms. The van der Waals surface area contributed by atoms with Crippen molar-refractivity contribution in [2.24, 2.45) is 0 Å². The lowest BCUT2D eigenvalue weighted by molar-refractivity contribution is -0.120. The average Bonchev–Trinajstić information content (AvgIpc) is 2.92. The first-order valence-electron chi connectivity index (χ1n) is 6.59. The number of unbranched alkanes of at least 4 members (excludes halogenated alkanes) is 1. The quantitative estimate of drug-likeness (QED) is 0.376. The van der Waals surface area contributed by atoms with Crippen LogP contribution >= 0.6 is 11.8 Å². The van der Waals surface area contributed by atoms with Gasteiger partial charge in [0, 0.05) is 17.4 Å². The molecule has 0 aromatic rings. The summed E-state index contributed by atoms with van der Waals surface area (Å²) in [5, 5.41) is 9.02. The lowest BCUT2D eigenvalue weighted by Gasteiger charge is -2.16. The van der Waals surface area contributed by atoms with E-state index in [0.29, 0.717) is 18.2 Å². The molecule has 2 heterocycles. The molecule has 2 aliphatic heterocycles. The molecule has 19 heavy (non-hydrogen) atoms. The van der Waals surface area contributed by atoms with Gasteiger partial charge < -0.3 is 16.0 Å². The molecule has 0 aromatic carbocycles. The second-order valence-electron chi connectivity index (χ2n) is 4.85. The Labute approximate surface area is 117 Å². The van der Waals surface area contributed by atoms with E-state index in [0.717, 1.165) is 25.0 Å². The van der Waals surface area contributed by atoms with Crippen molar-refractivity contribution in [2.75, 3.05) is 12.3 Å². The number of hydrogen-bond acceptors (Lipinski definition) is 3. The molecule has 104 valence electrons. The first-order valence-corrected chi connectivity index (χ1v) is 7.64. The molecule has 5 nitrogen and oxygen atoms in total. The lowest BCUT2D eigenvalue weighted by atomic mass is 10.0. The minimum atomic E-state index is -0.0473. The third-order valence-corrected chi connectivity index (χ3v) is 4.98. The highest BCUT2D eigenvalue weighted by molar-refractivity contribution is 8.00. The van der Waals surface area contributed by atoms with E-state index in [4.69, 9.17) is 6.42 Å². The highest BCUT2D eigenvalue weighted by Crippen LogP contribution is 2.33. The van der Waals surface area contributed by atoms with Crippen LogP contribution in [0.2, 0.25) is 0 Å².